The number of hydrogen-bond donors (Lipinski definition) is 2. The lowest BCUT2D eigenvalue weighted by atomic mass is 9.78. The van der Waals surface area contributed by atoms with Crippen molar-refractivity contribution in [2.75, 3.05) is 0 Å². The second-order valence-electron chi connectivity index (χ2n) is 8.03. The van der Waals surface area contributed by atoms with E-state index in [4.69, 9.17) is 0 Å². The molecule has 7 heteroatoms. The summed E-state index contributed by atoms with van der Waals surface area (Å²) in [5.41, 5.74) is 1.24. The molecule has 29 heavy (non-hydrogen) atoms. The van der Waals surface area contributed by atoms with Gasteiger partial charge in [0, 0.05) is 11.6 Å². The van der Waals surface area contributed by atoms with Gasteiger partial charge in [-0.2, -0.15) is 0 Å². The maximum Gasteiger partial charge on any atom is 0.329 e. The third kappa shape index (κ3) is 3.92. The van der Waals surface area contributed by atoms with Crippen molar-refractivity contribution in [3.63, 3.8) is 0 Å². The van der Waals surface area contributed by atoms with E-state index in [1.54, 1.807) is 35.7 Å². The number of rotatable bonds is 4. The van der Waals surface area contributed by atoms with Crippen LogP contribution in [0.2, 0.25) is 0 Å². The summed E-state index contributed by atoms with van der Waals surface area (Å²) in [6.07, 6.45) is 3.39. The molecule has 2 N–H and O–H groups in total. The molecule has 6 nitrogen and oxygen atoms in total. The first kappa shape index (κ1) is 19.6. The van der Waals surface area contributed by atoms with Crippen LogP contribution in [0.15, 0.2) is 45.3 Å². The molecule has 1 aromatic carbocycles. The normalized spacial score (nSPS) is 21.9. The summed E-state index contributed by atoms with van der Waals surface area (Å²) in [6.45, 7) is 4.62. The Kier molecular flexibility index (Phi) is 5.41. The molecule has 1 aliphatic rings. The minimum absolute atomic E-state index is 0.0717. The predicted octanol–water partition coefficient (Wildman–Crippen LogP) is 3.35. The molecule has 3 atom stereocenters. The topological polar surface area (TPSA) is 84.0 Å². The quantitative estimate of drug-likeness (QED) is 0.690. The molecule has 2 aromatic heterocycles. The highest BCUT2D eigenvalue weighted by molar-refractivity contribution is 7.17. The second-order valence-corrected chi connectivity index (χ2v) is 8.95. The first-order chi connectivity index (χ1) is 13.9. The average molecular weight is 412 g/mol. The van der Waals surface area contributed by atoms with Gasteiger partial charge >= 0.3 is 5.69 Å². The van der Waals surface area contributed by atoms with Crippen molar-refractivity contribution in [1.82, 2.24) is 14.9 Å². The summed E-state index contributed by atoms with van der Waals surface area (Å²) in [7, 11) is 0. The van der Waals surface area contributed by atoms with Gasteiger partial charge in [-0.05, 0) is 47.4 Å². The molecule has 1 aliphatic carbocycles. The molecule has 0 spiro atoms. The highest BCUT2D eigenvalue weighted by Gasteiger charge is 2.28. The maximum atomic E-state index is 12.6. The zero-order valence-electron chi connectivity index (χ0n) is 16.6. The lowest BCUT2D eigenvalue weighted by Crippen LogP contribution is -2.43. The van der Waals surface area contributed by atoms with Crippen LogP contribution in [-0.2, 0) is 6.54 Å². The molecule has 2 heterocycles. The molecule has 0 saturated heterocycles. The van der Waals surface area contributed by atoms with Gasteiger partial charge in [0.1, 0.15) is 4.70 Å². The van der Waals surface area contributed by atoms with Gasteiger partial charge in [-0.15, -0.1) is 11.3 Å². The van der Waals surface area contributed by atoms with Crippen molar-refractivity contribution in [2.45, 2.75) is 45.7 Å². The Hall–Kier alpha value is -2.67. The number of aromatic amines is 1. The summed E-state index contributed by atoms with van der Waals surface area (Å²) < 4.78 is 1.73. The number of H-pyrrole nitrogens is 1. The molecule has 0 aliphatic heterocycles. The predicted molar refractivity (Wildman–Crippen MR) is 116 cm³/mol. The first-order valence-electron chi connectivity index (χ1n) is 10.0. The zero-order chi connectivity index (χ0) is 20.5. The van der Waals surface area contributed by atoms with Gasteiger partial charge in [-0.3, -0.25) is 14.2 Å². The molecule has 1 saturated carbocycles. The van der Waals surface area contributed by atoms with Crippen molar-refractivity contribution >= 4 is 27.5 Å². The van der Waals surface area contributed by atoms with Crippen LogP contribution in [-0.4, -0.2) is 21.5 Å². The molecule has 4 rings (SSSR count). The number of carbonyl (C=O) groups is 1. The highest BCUT2D eigenvalue weighted by Crippen LogP contribution is 2.29. The van der Waals surface area contributed by atoms with Crippen LogP contribution >= 0.6 is 11.3 Å². The summed E-state index contributed by atoms with van der Waals surface area (Å²) in [5, 5.41) is 4.96. The van der Waals surface area contributed by atoms with Crippen molar-refractivity contribution in [3.8, 4) is 0 Å². The molecule has 0 bridgehead atoms. The largest absolute Gasteiger partial charge is 0.349 e. The van der Waals surface area contributed by atoms with Gasteiger partial charge < -0.3 is 10.3 Å². The Labute approximate surface area is 172 Å². The Morgan fingerprint density at radius 3 is 2.69 bits per heavy atom. The lowest BCUT2D eigenvalue weighted by molar-refractivity contribution is 0.0891. The third-order valence-corrected chi connectivity index (χ3v) is 7.07. The van der Waals surface area contributed by atoms with E-state index in [-0.39, 0.29) is 24.1 Å². The SMILES string of the molecule is C[C@@H]1[C@H](C)CCC[C@H]1NC(=O)c1ccc(Cn2c(=O)[nH]c3ccsc3c2=O)cc1. The zero-order valence-corrected chi connectivity index (χ0v) is 17.4. The van der Waals surface area contributed by atoms with E-state index in [0.29, 0.717) is 27.6 Å². The van der Waals surface area contributed by atoms with Crippen LogP contribution in [0.3, 0.4) is 0 Å². The first-order valence-corrected chi connectivity index (χ1v) is 10.9. The smallest absolute Gasteiger partial charge is 0.329 e. The lowest BCUT2D eigenvalue weighted by Gasteiger charge is -2.34. The number of benzene rings is 1. The average Bonchev–Trinajstić information content (AvgIpc) is 3.17. The highest BCUT2D eigenvalue weighted by atomic mass is 32.1. The molecule has 0 radical (unpaired) electrons. The minimum atomic E-state index is -0.428. The number of hydrogen-bond acceptors (Lipinski definition) is 4. The summed E-state index contributed by atoms with van der Waals surface area (Å²) in [6, 6.07) is 9.04. The fourth-order valence-electron chi connectivity index (χ4n) is 4.10. The fraction of sp³-hybridized carbons (Fsp3) is 0.409. The Bertz CT molecular complexity index is 1140. The van der Waals surface area contributed by atoms with Gasteiger partial charge in [-0.25, -0.2) is 4.79 Å². The number of nitrogens with one attached hydrogen (secondary N) is 2. The molecule has 1 amide bonds. The number of fused-ring (bicyclic) bond motifs is 1. The fourth-order valence-corrected chi connectivity index (χ4v) is 4.89. The number of aromatic nitrogens is 2. The van der Waals surface area contributed by atoms with Crippen molar-refractivity contribution in [2.24, 2.45) is 11.8 Å². The number of thiophene rings is 1. The Morgan fingerprint density at radius 1 is 1.17 bits per heavy atom. The minimum Gasteiger partial charge on any atom is -0.349 e. The molecule has 3 aromatic rings. The molecule has 152 valence electrons. The standard InChI is InChI=1S/C22H25N3O3S/c1-13-4-3-5-17(14(13)2)23-20(26)16-8-6-15(7-9-16)12-25-21(27)19-18(10-11-29-19)24-22(25)28/h6-11,13-14,17H,3-5,12H2,1-2H3,(H,23,26)(H,24,28)/t13-,14-,17-/m1/s1. The van der Waals surface area contributed by atoms with Crippen molar-refractivity contribution < 1.29 is 4.79 Å². The van der Waals surface area contributed by atoms with E-state index in [0.717, 1.165) is 18.4 Å². The van der Waals surface area contributed by atoms with E-state index >= 15 is 0 Å². The summed E-state index contributed by atoms with van der Waals surface area (Å²) in [5.74, 6) is 1.02. The molecule has 1 fully saturated rings. The Balaban J connectivity index is 1.49. The third-order valence-electron chi connectivity index (χ3n) is 6.17. The van der Waals surface area contributed by atoms with Crippen LogP contribution in [0.5, 0.6) is 0 Å². The van der Waals surface area contributed by atoms with E-state index in [9.17, 15) is 14.4 Å². The number of carbonyl (C=O) groups excluding carboxylic acids is 1. The second kappa shape index (κ2) is 7.99. The molecular formula is C22H25N3O3S. The van der Waals surface area contributed by atoms with Crippen LogP contribution in [0.1, 0.15) is 49.0 Å². The monoisotopic (exact) mass is 411 g/mol. The number of amides is 1. The molecular weight excluding hydrogens is 386 g/mol. The summed E-state index contributed by atoms with van der Waals surface area (Å²) >= 11 is 1.31. The molecule has 0 unspecified atom stereocenters. The van der Waals surface area contributed by atoms with Crippen LogP contribution in [0.25, 0.3) is 10.2 Å². The van der Waals surface area contributed by atoms with Gasteiger partial charge in [-0.1, -0.05) is 38.8 Å². The van der Waals surface area contributed by atoms with Gasteiger partial charge in [0.25, 0.3) is 11.5 Å². The van der Waals surface area contributed by atoms with Gasteiger partial charge in [0.15, 0.2) is 0 Å². The van der Waals surface area contributed by atoms with E-state index in [2.05, 4.69) is 24.1 Å². The van der Waals surface area contributed by atoms with Crippen LogP contribution < -0.4 is 16.6 Å². The van der Waals surface area contributed by atoms with Crippen LogP contribution in [0, 0.1) is 11.8 Å². The number of nitrogens with zero attached hydrogens (tertiary/aromatic N) is 1. The maximum absolute atomic E-state index is 12.6. The summed E-state index contributed by atoms with van der Waals surface area (Å²) in [4.78, 5) is 40.2. The van der Waals surface area contributed by atoms with Crippen molar-refractivity contribution in [1.29, 1.82) is 0 Å². The van der Waals surface area contributed by atoms with Gasteiger partial charge in [0.2, 0.25) is 0 Å². The van der Waals surface area contributed by atoms with E-state index in [1.807, 2.05) is 0 Å². The van der Waals surface area contributed by atoms with Crippen LogP contribution in [0.4, 0.5) is 0 Å². The Morgan fingerprint density at radius 2 is 1.93 bits per heavy atom. The van der Waals surface area contributed by atoms with Crippen molar-refractivity contribution in [3.05, 3.63) is 67.7 Å². The van der Waals surface area contributed by atoms with E-state index in [1.165, 1.54) is 22.3 Å². The van der Waals surface area contributed by atoms with Gasteiger partial charge in [0.05, 0.1) is 12.1 Å². The van der Waals surface area contributed by atoms with E-state index < -0.39 is 5.69 Å².